The van der Waals surface area contributed by atoms with E-state index in [0.717, 1.165) is 26.6 Å². The second-order valence-corrected chi connectivity index (χ2v) is 4.93. The minimum Gasteiger partial charge on any atom is -0.285 e. The van der Waals surface area contributed by atoms with Crippen LogP contribution in [0.5, 0.6) is 0 Å². The molecule has 6 nitrogen and oxygen atoms in total. The summed E-state index contributed by atoms with van der Waals surface area (Å²) in [5.74, 6) is 0.628. The molecule has 0 aliphatic carbocycles. The lowest BCUT2D eigenvalue weighted by atomic mass is 10.2. The molecule has 1 aromatic carbocycles. The minimum atomic E-state index is 0.628. The average molecular weight is 315 g/mol. The zero-order valence-corrected chi connectivity index (χ0v) is 11.2. The van der Waals surface area contributed by atoms with Gasteiger partial charge in [-0.15, -0.1) is 5.10 Å². The van der Waals surface area contributed by atoms with Crippen LogP contribution in [-0.4, -0.2) is 29.8 Å². The summed E-state index contributed by atoms with van der Waals surface area (Å²) in [5, 5.41) is 12.0. The highest BCUT2D eigenvalue weighted by atomic mass is 79.9. The number of rotatable bonds is 1. The molecule has 0 amide bonds. The summed E-state index contributed by atoms with van der Waals surface area (Å²) < 4.78 is 2.62. The zero-order valence-electron chi connectivity index (χ0n) is 9.58. The Bertz CT molecular complexity index is 880. The third kappa shape index (κ3) is 1.55. The molecular formula is C12H7BrN6. The highest BCUT2D eigenvalue weighted by Gasteiger charge is 2.11. The number of aromatic nitrogens is 6. The number of nitrogens with one attached hydrogen (secondary N) is 1. The molecule has 0 bridgehead atoms. The van der Waals surface area contributed by atoms with Crippen molar-refractivity contribution >= 4 is 32.5 Å². The van der Waals surface area contributed by atoms with E-state index in [1.54, 1.807) is 23.2 Å². The van der Waals surface area contributed by atoms with E-state index in [4.69, 9.17) is 0 Å². The lowest BCUT2D eigenvalue weighted by Gasteiger charge is -1.99. The van der Waals surface area contributed by atoms with Crippen molar-refractivity contribution in [1.82, 2.24) is 29.8 Å². The summed E-state index contributed by atoms with van der Waals surface area (Å²) in [7, 11) is 0. The molecule has 3 aromatic heterocycles. The molecule has 19 heavy (non-hydrogen) atoms. The predicted octanol–water partition coefficient (Wildman–Crippen LogP) is 2.43. The lowest BCUT2D eigenvalue weighted by molar-refractivity contribution is 0.938. The monoisotopic (exact) mass is 314 g/mol. The third-order valence-corrected chi connectivity index (χ3v) is 3.55. The van der Waals surface area contributed by atoms with Gasteiger partial charge in [0.05, 0.1) is 17.3 Å². The Morgan fingerprint density at radius 1 is 1.26 bits per heavy atom. The summed E-state index contributed by atoms with van der Waals surface area (Å²) in [4.78, 5) is 8.95. The first-order valence-electron chi connectivity index (χ1n) is 5.62. The highest BCUT2D eigenvalue weighted by Crippen LogP contribution is 2.25. The van der Waals surface area contributed by atoms with Crippen molar-refractivity contribution in [2.75, 3.05) is 0 Å². The molecule has 0 unspecified atom stereocenters. The Morgan fingerprint density at radius 2 is 2.21 bits per heavy atom. The van der Waals surface area contributed by atoms with Crippen molar-refractivity contribution in [2.45, 2.75) is 0 Å². The van der Waals surface area contributed by atoms with Gasteiger partial charge in [0.2, 0.25) is 0 Å². The number of aromatic amines is 1. The summed E-state index contributed by atoms with van der Waals surface area (Å²) in [6.45, 7) is 0. The van der Waals surface area contributed by atoms with Crippen molar-refractivity contribution in [1.29, 1.82) is 0 Å². The molecule has 4 aromatic rings. The molecular weight excluding hydrogens is 308 g/mol. The van der Waals surface area contributed by atoms with Crippen molar-refractivity contribution in [3.63, 3.8) is 0 Å². The van der Waals surface area contributed by atoms with Gasteiger partial charge in [0.25, 0.3) is 0 Å². The van der Waals surface area contributed by atoms with Gasteiger partial charge in [-0.2, -0.15) is 5.10 Å². The van der Waals surface area contributed by atoms with Gasteiger partial charge in [0.15, 0.2) is 11.5 Å². The quantitative estimate of drug-likeness (QED) is 0.585. The second-order valence-electron chi connectivity index (χ2n) is 4.07. The van der Waals surface area contributed by atoms with Crippen LogP contribution in [0, 0.1) is 0 Å². The summed E-state index contributed by atoms with van der Waals surface area (Å²) in [5.41, 5.74) is 2.51. The SMILES string of the molecule is Brc1cccc2c1ncn1nc(-c3cn[nH]c3)nc21. The van der Waals surface area contributed by atoms with Crippen LogP contribution in [0.4, 0.5) is 0 Å². The van der Waals surface area contributed by atoms with Gasteiger partial charge in [-0.25, -0.2) is 14.5 Å². The van der Waals surface area contributed by atoms with Gasteiger partial charge in [0, 0.05) is 16.1 Å². The fraction of sp³-hybridized carbons (Fsp3) is 0. The van der Waals surface area contributed by atoms with Crippen LogP contribution in [0.2, 0.25) is 0 Å². The number of nitrogens with zero attached hydrogens (tertiary/aromatic N) is 5. The number of halogens is 1. The topological polar surface area (TPSA) is 71.8 Å². The Morgan fingerprint density at radius 3 is 3.05 bits per heavy atom. The van der Waals surface area contributed by atoms with Crippen molar-refractivity contribution < 1.29 is 0 Å². The molecule has 0 spiro atoms. The van der Waals surface area contributed by atoms with Crippen LogP contribution in [0.15, 0.2) is 41.4 Å². The molecule has 0 aliphatic rings. The van der Waals surface area contributed by atoms with Crippen LogP contribution in [0.25, 0.3) is 27.9 Å². The van der Waals surface area contributed by atoms with Gasteiger partial charge >= 0.3 is 0 Å². The number of para-hydroxylation sites is 1. The molecule has 1 N–H and O–H groups in total. The molecule has 0 saturated heterocycles. The van der Waals surface area contributed by atoms with Crippen LogP contribution in [-0.2, 0) is 0 Å². The molecule has 0 radical (unpaired) electrons. The zero-order chi connectivity index (χ0) is 12.8. The van der Waals surface area contributed by atoms with Crippen LogP contribution in [0.1, 0.15) is 0 Å². The van der Waals surface area contributed by atoms with Gasteiger partial charge in [-0.05, 0) is 28.1 Å². The van der Waals surface area contributed by atoms with E-state index < -0.39 is 0 Å². The number of H-pyrrole nitrogens is 1. The molecule has 0 aliphatic heterocycles. The number of fused-ring (bicyclic) bond motifs is 3. The van der Waals surface area contributed by atoms with E-state index in [1.165, 1.54) is 0 Å². The molecule has 0 atom stereocenters. The Hall–Kier alpha value is -2.28. The van der Waals surface area contributed by atoms with Crippen LogP contribution in [0.3, 0.4) is 0 Å². The standard InChI is InChI=1S/C12H7BrN6/c13-9-3-1-2-8-10(9)14-6-19-12(8)17-11(18-19)7-4-15-16-5-7/h1-6H,(H,15,16). The average Bonchev–Trinajstić information content (AvgIpc) is 3.08. The molecule has 0 fully saturated rings. The maximum absolute atomic E-state index is 4.56. The summed E-state index contributed by atoms with van der Waals surface area (Å²) >= 11 is 3.49. The smallest absolute Gasteiger partial charge is 0.185 e. The number of hydrogen-bond donors (Lipinski definition) is 1. The van der Waals surface area contributed by atoms with Crippen LogP contribution < -0.4 is 0 Å². The van der Waals surface area contributed by atoms with Gasteiger partial charge < -0.3 is 0 Å². The van der Waals surface area contributed by atoms with E-state index in [-0.39, 0.29) is 0 Å². The first kappa shape index (κ1) is 10.6. The molecule has 4 rings (SSSR count). The van der Waals surface area contributed by atoms with Crippen LogP contribution >= 0.6 is 15.9 Å². The molecule has 3 heterocycles. The maximum atomic E-state index is 4.56. The van der Waals surface area contributed by atoms with Crippen molar-refractivity contribution in [3.05, 3.63) is 41.4 Å². The van der Waals surface area contributed by atoms with E-state index in [2.05, 4.69) is 41.2 Å². The van der Waals surface area contributed by atoms with E-state index in [9.17, 15) is 0 Å². The number of benzene rings is 1. The summed E-state index contributed by atoms with van der Waals surface area (Å²) in [6, 6.07) is 5.90. The maximum Gasteiger partial charge on any atom is 0.185 e. The van der Waals surface area contributed by atoms with Gasteiger partial charge in [-0.1, -0.05) is 6.07 Å². The third-order valence-electron chi connectivity index (χ3n) is 2.91. The molecule has 0 saturated carbocycles. The largest absolute Gasteiger partial charge is 0.285 e. The Balaban J connectivity index is 2.09. The fourth-order valence-electron chi connectivity index (χ4n) is 2.02. The van der Waals surface area contributed by atoms with Gasteiger partial charge in [-0.3, -0.25) is 5.10 Å². The minimum absolute atomic E-state index is 0.628. The fourth-order valence-corrected chi connectivity index (χ4v) is 2.49. The Labute approximate surface area is 115 Å². The first-order chi connectivity index (χ1) is 9.33. The van der Waals surface area contributed by atoms with Gasteiger partial charge in [0.1, 0.15) is 6.33 Å². The Kier molecular flexibility index (Phi) is 2.16. The van der Waals surface area contributed by atoms with E-state index in [0.29, 0.717) is 5.82 Å². The van der Waals surface area contributed by atoms with E-state index in [1.807, 2.05) is 18.2 Å². The molecule has 92 valence electrons. The number of hydrogen-bond acceptors (Lipinski definition) is 4. The van der Waals surface area contributed by atoms with Crippen molar-refractivity contribution in [3.8, 4) is 11.4 Å². The lowest BCUT2D eigenvalue weighted by Crippen LogP contribution is -1.91. The predicted molar refractivity (Wildman–Crippen MR) is 73.6 cm³/mol. The van der Waals surface area contributed by atoms with Crippen molar-refractivity contribution in [2.24, 2.45) is 0 Å². The highest BCUT2D eigenvalue weighted by molar-refractivity contribution is 9.10. The first-order valence-corrected chi connectivity index (χ1v) is 6.41. The molecule has 7 heteroatoms. The normalized spacial score (nSPS) is 11.4. The second kappa shape index (κ2) is 3.86. The summed E-state index contributed by atoms with van der Waals surface area (Å²) in [6.07, 6.45) is 5.12. The van der Waals surface area contributed by atoms with E-state index >= 15 is 0 Å².